The predicted molar refractivity (Wildman–Crippen MR) is 93.8 cm³/mol. The van der Waals surface area contributed by atoms with E-state index in [0.717, 1.165) is 19.4 Å². The SMILES string of the molecule is CC(C)CN(Cc1nc(N(C)C)no1)C1CCCc2cccnc21. The molecule has 0 saturated heterocycles. The minimum absolute atomic E-state index is 0.326. The van der Waals surface area contributed by atoms with Gasteiger partial charge in [-0.3, -0.25) is 9.88 Å². The average Bonchev–Trinajstić information content (AvgIpc) is 3.02. The summed E-state index contributed by atoms with van der Waals surface area (Å²) in [5, 5.41) is 4.03. The summed E-state index contributed by atoms with van der Waals surface area (Å²) in [6.07, 6.45) is 5.36. The van der Waals surface area contributed by atoms with E-state index in [1.807, 2.05) is 31.3 Å². The van der Waals surface area contributed by atoms with Crippen molar-refractivity contribution in [3.05, 3.63) is 35.5 Å². The molecule has 2 aromatic rings. The Bertz CT molecular complexity index is 667. The number of nitrogens with zero attached hydrogens (tertiary/aromatic N) is 5. The largest absolute Gasteiger partial charge is 0.344 e. The van der Waals surface area contributed by atoms with Gasteiger partial charge in [-0.15, -0.1) is 0 Å². The summed E-state index contributed by atoms with van der Waals surface area (Å²) in [5.74, 6) is 1.86. The van der Waals surface area contributed by atoms with Crippen LogP contribution in [0.5, 0.6) is 0 Å². The van der Waals surface area contributed by atoms with Gasteiger partial charge >= 0.3 is 0 Å². The zero-order chi connectivity index (χ0) is 17.1. The maximum absolute atomic E-state index is 5.45. The van der Waals surface area contributed by atoms with E-state index in [0.29, 0.717) is 30.3 Å². The van der Waals surface area contributed by atoms with Gasteiger partial charge in [0, 0.05) is 26.8 Å². The van der Waals surface area contributed by atoms with Gasteiger partial charge in [-0.25, -0.2) is 0 Å². The van der Waals surface area contributed by atoms with Gasteiger partial charge in [0.25, 0.3) is 5.95 Å². The summed E-state index contributed by atoms with van der Waals surface area (Å²) in [6.45, 7) is 6.14. The van der Waals surface area contributed by atoms with Crippen LogP contribution in [0.1, 0.15) is 49.9 Å². The lowest BCUT2D eigenvalue weighted by Crippen LogP contribution is -2.34. The molecule has 2 aromatic heterocycles. The quantitative estimate of drug-likeness (QED) is 0.812. The molecule has 1 atom stereocenters. The standard InChI is InChI=1S/C18H27N5O/c1-13(2)11-23(12-16-20-18(21-24-16)22(3)4)15-9-5-7-14-8-6-10-19-17(14)15/h6,8,10,13,15H,5,7,9,11-12H2,1-4H3. The molecule has 1 aliphatic carbocycles. The molecule has 0 amide bonds. The predicted octanol–water partition coefficient (Wildman–Crippen LogP) is 3.07. The molecule has 3 rings (SSSR count). The molecule has 0 spiro atoms. The van der Waals surface area contributed by atoms with Crippen LogP contribution in [-0.2, 0) is 13.0 Å². The zero-order valence-electron chi connectivity index (χ0n) is 15.1. The minimum Gasteiger partial charge on any atom is -0.344 e. The normalized spacial score (nSPS) is 17.3. The van der Waals surface area contributed by atoms with Crippen molar-refractivity contribution in [3.8, 4) is 0 Å². The Morgan fingerprint density at radius 3 is 2.88 bits per heavy atom. The van der Waals surface area contributed by atoms with Crippen LogP contribution in [0.4, 0.5) is 5.95 Å². The Morgan fingerprint density at radius 2 is 2.17 bits per heavy atom. The number of aryl methyl sites for hydroxylation is 1. The summed E-state index contributed by atoms with van der Waals surface area (Å²) < 4.78 is 5.45. The number of fused-ring (bicyclic) bond motifs is 1. The molecular weight excluding hydrogens is 302 g/mol. The number of rotatable bonds is 6. The number of hydrogen-bond acceptors (Lipinski definition) is 6. The maximum atomic E-state index is 5.45. The van der Waals surface area contributed by atoms with Gasteiger partial charge in [0.1, 0.15) is 0 Å². The topological polar surface area (TPSA) is 58.3 Å². The molecule has 24 heavy (non-hydrogen) atoms. The van der Waals surface area contributed by atoms with Crippen LogP contribution >= 0.6 is 0 Å². The van der Waals surface area contributed by atoms with Crippen LogP contribution in [0.15, 0.2) is 22.9 Å². The van der Waals surface area contributed by atoms with Crippen LogP contribution in [0, 0.1) is 5.92 Å². The van der Waals surface area contributed by atoms with Crippen molar-refractivity contribution in [1.29, 1.82) is 0 Å². The summed E-state index contributed by atoms with van der Waals surface area (Å²) in [6, 6.07) is 4.57. The summed E-state index contributed by atoms with van der Waals surface area (Å²) in [5.41, 5.74) is 2.60. The molecule has 1 unspecified atom stereocenters. The van der Waals surface area contributed by atoms with Crippen LogP contribution in [0.3, 0.4) is 0 Å². The summed E-state index contributed by atoms with van der Waals surface area (Å²) in [7, 11) is 3.84. The van der Waals surface area contributed by atoms with Crippen molar-refractivity contribution in [2.75, 3.05) is 25.5 Å². The van der Waals surface area contributed by atoms with Gasteiger partial charge < -0.3 is 9.42 Å². The van der Waals surface area contributed by atoms with Crippen molar-refractivity contribution in [2.24, 2.45) is 5.92 Å². The molecule has 0 saturated carbocycles. The molecule has 130 valence electrons. The van der Waals surface area contributed by atoms with E-state index in [2.05, 4.69) is 39.9 Å². The van der Waals surface area contributed by atoms with Crippen LogP contribution in [0.2, 0.25) is 0 Å². The molecule has 0 N–H and O–H groups in total. The monoisotopic (exact) mass is 329 g/mol. The third-order valence-corrected chi connectivity index (χ3v) is 4.40. The summed E-state index contributed by atoms with van der Waals surface area (Å²) in [4.78, 5) is 13.5. The lowest BCUT2D eigenvalue weighted by atomic mass is 9.90. The number of aromatic nitrogens is 3. The van der Waals surface area contributed by atoms with Crippen molar-refractivity contribution in [3.63, 3.8) is 0 Å². The van der Waals surface area contributed by atoms with Crippen molar-refractivity contribution in [2.45, 2.75) is 45.7 Å². The zero-order valence-corrected chi connectivity index (χ0v) is 15.1. The Labute approximate surface area is 143 Å². The first-order valence-electron chi connectivity index (χ1n) is 8.72. The molecule has 0 bridgehead atoms. The van der Waals surface area contributed by atoms with Gasteiger partial charge in [-0.1, -0.05) is 19.9 Å². The third-order valence-electron chi connectivity index (χ3n) is 4.40. The van der Waals surface area contributed by atoms with Crippen molar-refractivity contribution in [1.82, 2.24) is 20.0 Å². The van der Waals surface area contributed by atoms with Crippen LogP contribution in [-0.4, -0.2) is 40.7 Å². The number of anilines is 1. The molecule has 6 nitrogen and oxygen atoms in total. The van der Waals surface area contributed by atoms with E-state index < -0.39 is 0 Å². The fraction of sp³-hybridized carbons (Fsp3) is 0.611. The fourth-order valence-electron chi connectivity index (χ4n) is 3.38. The number of pyridine rings is 1. The van der Waals surface area contributed by atoms with Gasteiger partial charge in [0.05, 0.1) is 18.3 Å². The van der Waals surface area contributed by atoms with Crippen LogP contribution in [0.25, 0.3) is 0 Å². The lowest BCUT2D eigenvalue weighted by Gasteiger charge is -2.35. The highest BCUT2D eigenvalue weighted by atomic mass is 16.5. The minimum atomic E-state index is 0.326. The maximum Gasteiger partial charge on any atom is 0.265 e. The Hall–Kier alpha value is -1.95. The highest BCUT2D eigenvalue weighted by Gasteiger charge is 2.28. The molecule has 0 aromatic carbocycles. The highest BCUT2D eigenvalue weighted by Crippen LogP contribution is 2.34. The smallest absolute Gasteiger partial charge is 0.265 e. The van der Waals surface area contributed by atoms with Gasteiger partial charge in [0.15, 0.2) is 0 Å². The van der Waals surface area contributed by atoms with E-state index in [-0.39, 0.29) is 0 Å². The van der Waals surface area contributed by atoms with E-state index in [1.165, 1.54) is 17.7 Å². The second-order valence-electron chi connectivity index (χ2n) is 7.16. The second-order valence-corrected chi connectivity index (χ2v) is 7.16. The molecule has 0 fully saturated rings. The van der Waals surface area contributed by atoms with Gasteiger partial charge in [-0.05, 0) is 42.0 Å². The second kappa shape index (κ2) is 7.30. The van der Waals surface area contributed by atoms with E-state index in [1.54, 1.807) is 0 Å². The summed E-state index contributed by atoms with van der Waals surface area (Å²) >= 11 is 0. The van der Waals surface area contributed by atoms with E-state index in [4.69, 9.17) is 4.52 Å². The first-order valence-corrected chi connectivity index (χ1v) is 8.72. The Balaban J connectivity index is 1.84. The van der Waals surface area contributed by atoms with Crippen LogP contribution < -0.4 is 4.90 Å². The van der Waals surface area contributed by atoms with E-state index in [9.17, 15) is 0 Å². The lowest BCUT2D eigenvalue weighted by molar-refractivity contribution is 0.130. The van der Waals surface area contributed by atoms with Gasteiger partial charge in [0.2, 0.25) is 5.89 Å². The van der Waals surface area contributed by atoms with Gasteiger partial charge in [-0.2, -0.15) is 4.98 Å². The molecule has 6 heteroatoms. The Kier molecular flexibility index (Phi) is 5.14. The fourth-order valence-corrected chi connectivity index (χ4v) is 3.38. The van der Waals surface area contributed by atoms with E-state index >= 15 is 0 Å². The first-order chi connectivity index (χ1) is 11.5. The molecular formula is C18H27N5O. The molecule has 0 radical (unpaired) electrons. The highest BCUT2D eigenvalue weighted by molar-refractivity contribution is 5.26. The first kappa shape index (κ1) is 16.9. The number of hydrogen-bond donors (Lipinski definition) is 0. The molecule has 2 heterocycles. The molecule has 1 aliphatic rings. The third kappa shape index (κ3) is 3.75. The molecule has 0 aliphatic heterocycles. The average molecular weight is 329 g/mol. The van der Waals surface area contributed by atoms with Crippen molar-refractivity contribution >= 4 is 5.95 Å². The Morgan fingerprint density at radius 1 is 1.33 bits per heavy atom. The van der Waals surface area contributed by atoms with Crippen molar-refractivity contribution < 1.29 is 4.52 Å².